The molecule has 2 aliphatic rings. The molecule has 0 saturated carbocycles. The Morgan fingerprint density at radius 1 is 1.35 bits per heavy atom. The van der Waals surface area contributed by atoms with Crippen LogP contribution in [0.5, 0.6) is 11.5 Å². The number of benzene rings is 1. The lowest BCUT2D eigenvalue weighted by Crippen LogP contribution is -2.45. The summed E-state index contributed by atoms with van der Waals surface area (Å²) in [6.07, 6.45) is 5.36. The van der Waals surface area contributed by atoms with Gasteiger partial charge < -0.3 is 20.1 Å². The Kier molecular flexibility index (Phi) is 3.60. The number of nitrogens with zero attached hydrogens (tertiary/aromatic N) is 1. The third kappa shape index (κ3) is 2.77. The Hall–Kier alpha value is -2.01. The van der Waals surface area contributed by atoms with Crippen molar-refractivity contribution in [2.75, 3.05) is 19.9 Å². The lowest BCUT2D eigenvalue weighted by molar-refractivity contribution is -0.127. The molecular formula is C15H18N2O3. The van der Waals surface area contributed by atoms with Gasteiger partial charge in [-0.15, -0.1) is 0 Å². The first-order chi connectivity index (χ1) is 9.72. The predicted molar refractivity (Wildman–Crippen MR) is 75.4 cm³/mol. The van der Waals surface area contributed by atoms with Crippen molar-refractivity contribution in [3.8, 4) is 11.5 Å². The summed E-state index contributed by atoms with van der Waals surface area (Å²) >= 11 is 0. The van der Waals surface area contributed by atoms with E-state index in [2.05, 4.69) is 0 Å². The van der Waals surface area contributed by atoms with Crippen LogP contribution in [0.25, 0.3) is 6.08 Å². The van der Waals surface area contributed by atoms with Gasteiger partial charge >= 0.3 is 0 Å². The van der Waals surface area contributed by atoms with E-state index in [0.717, 1.165) is 36.4 Å². The highest BCUT2D eigenvalue weighted by Gasteiger charge is 2.19. The van der Waals surface area contributed by atoms with Crippen LogP contribution in [0.4, 0.5) is 0 Å². The van der Waals surface area contributed by atoms with Crippen LogP contribution in [0.2, 0.25) is 0 Å². The highest BCUT2D eigenvalue weighted by molar-refractivity contribution is 5.92. The van der Waals surface area contributed by atoms with Gasteiger partial charge in [-0.25, -0.2) is 0 Å². The quantitative estimate of drug-likeness (QED) is 0.827. The van der Waals surface area contributed by atoms with Crippen LogP contribution in [0.15, 0.2) is 24.3 Å². The van der Waals surface area contributed by atoms with Crippen molar-refractivity contribution in [2.45, 2.75) is 18.9 Å². The normalized spacial score (nSPS) is 21.4. The van der Waals surface area contributed by atoms with Crippen molar-refractivity contribution in [1.82, 2.24) is 4.90 Å². The van der Waals surface area contributed by atoms with E-state index in [1.165, 1.54) is 0 Å². The first-order valence-corrected chi connectivity index (χ1v) is 6.84. The Bertz CT molecular complexity index is 542. The monoisotopic (exact) mass is 274 g/mol. The summed E-state index contributed by atoms with van der Waals surface area (Å²) in [4.78, 5) is 13.9. The maximum atomic E-state index is 12.1. The summed E-state index contributed by atoms with van der Waals surface area (Å²) < 4.78 is 10.6. The number of hydrogen-bond acceptors (Lipinski definition) is 4. The van der Waals surface area contributed by atoms with Gasteiger partial charge in [0.2, 0.25) is 12.7 Å². The molecule has 1 aromatic carbocycles. The fourth-order valence-electron chi connectivity index (χ4n) is 2.50. The minimum absolute atomic E-state index is 0.0119. The number of ether oxygens (including phenoxy) is 2. The molecule has 2 heterocycles. The molecular weight excluding hydrogens is 256 g/mol. The Balaban J connectivity index is 1.66. The number of carbonyl (C=O) groups is 1. The van der Waals surface area contributed by atoms with Gasteiger partial charge in [0.15, 0.2) is 11.5 Å². The van der Waals surface area contributed by atoms with Crippen molar-refractivity contribution < 1.29 is 14.3 Å². The van der Waals surface area contributed by atoms with Gasteiger partial charge in [-0.1, -0.05) is 6.07 Å². The molecule has 5 heteroatoms. The molecule has 1 fully saturated rings. The van der Waals surface area contributed by atoms with Gasteiger partial charge in [0.05, 0.1) is 0 Å². The third-order valence-electron chi connectivity index (χ3n) is 3.58. The van der Waals surface area contributed by atoms with E-state index in [1.54, 1.807) is 17.1 Å². The largest absolute Gasteiger partial charge is 0.454 e. The summed E-state index contributed by atoms with van der Waals surface area (Å²) in [5, 5.41) is 0. The molecule has 0 bridgehead atoms. The van der Waals surface area contributed by atoms with Crippen molar-refractivity contribution in [1.29, 1.82) is 0 Å². The minimum Gasteiger partial charge on any atom is -0.454 e. The van der Waals surface area contributed by atoms with Crippen molar-refractivity contribution in [3.05, 3.63) is 29.8 Å². The molecule has 1 atom stereocenters. The van der Waals surface area contributed by atoms with Gasteiger partial charge in [-0.3, -0.25) is 4.79 Å². The van der Waals surface area contributed by atoms with Crippen molar-refractivity contribution in [3.63, 3.8) is 0 Å². The molecule has 1 aromatic rings. The van der Waals surface area contributed by atoms with Crippen LogP contribution in [-0.4, -0.2) is 36.7 Å². The number of likely N-dealkylation sites (tertiary alicyclic amines) is 1. The highest BCUT2D eigenvalue weighted by atomic mass is 16.7. The Morgan fingerprint density at radius 3 is 3.05 bits per heavy atom. The topological polar surface area (TPSA) is 64.8 Å². The van der Waals surface area contributed by atoms with Crippen molar-refractivity contribution in [2.24, 2.45) is 5.73 Å². The van der Waals surface area contributed by atoms with Gasteiger partial charge in [0.25, 0.3) is 0 Å². The van der Waals surface area contributed by atoms with Crippen LogP contribution < -0.4 is 15.2 Å². The van der Waals surface area contributed by atoms with Gasteiger partial charge in [0.1, 0.15) is 0 Å². The molecule has 20 heavy (non-hydrogen) atoms. The third-order valence-corrected chi connectivity index (χ3v) is 3.58. The zero-order valence-electron chi connectivity index (χ0n) is 11.2. The zero-order valence-corrected chi connectivity index (χ0v) is 11.2. The Morgan fingerprint density at radius 2 is 2.20 bits per heavy atom. The molecule has 0 spiro atoms. The van der Waals surface area contributed by atoms with Gasteiger partial charge in [-0.2, -0.15) is 0 Å². The van der Waals surface area contributed by atoms with E-state index in [0.29, 0.717) is 6.54 Å². The van der Waals surface area contributed by atoms with Crippen LogP contribution in [0, 0.1) is 0 Å². The van der Waals surface area contributed by atoms with Crippen molar-refractivity contribution >= 4 is 12.0 Å². The lowest BCUT2D eigenvalue weighted by atomic mass is 10.1. The van der Waals surface area contributed by atoms with E-state index in [4.69, 9.17) is 15.2 Å². The van der Waals surface area contributed by atoms with Crippen LogP contribution >= 0.6 is 0 Å². The maximum Gasteiger partial charge on any atom is 0.246 e. The molecule has 1 amide bonds. The number of piperidine rings is 1. The second kappa shape index (κ2) is 5.54. The number of hydrogen-bond donors (Lipinski definition) is 1. The molecule has 1 unspecified atom stereocenters. The first kappa shape index (κ1) is 13.0. The molecule has 106 valence electrons. The summed E-state index contributed by atoms with van der Waals surface area (Å²) in [6.45, 7) is 1.69. The summed E-state index contributed by atoms with van der Waals surface area (Å²) in [5.41, 5.74) is 6.80. The zero-order chi connectivity index (χ0) is 13.9. The highest BCUT2D eigenvalue weighted by Crippen LogP contribution is 2.32. The van der Waals surface area contributed by atoms with Crippen LogP contribution in [-0.2, 0) is 4.79 Å². The van der Waals surface area contributed by atoms with E-state index in [9.17, 15) is 4.79 Å². The number of fused-ring (bicyclic) bond motifs is 1. The van der Waals surface area contributed by atoms with Crippen LogP contribution in [0.1, 0.15) is 18.4 Å². The summed E-state index contributed by atoms with van der Waals surface area (Å²) in [6, 6.07) is 5.72. The predicted octanol–water partition coefficient (Wildman–Crippen LogP) is 1.38. The first-order valence-electron chi connectivity index (χ1n) is 6.84. The van der Waals surface area contributed by atoms with Crippen LogP contribution in [0.3, 0.4) is 0 Å². The fourth-order valence-corrected chi connectivity index (χ4v) is 2.50. The van der Waals surface area contributed by atoms with E-state index >= 15 is 0 Å². The molecule has 2 N–H and O–H groups in total. The number of carbonyl (C=O) groups excluding carboxylic acids is 1. The SMILES string of the molecule is NC1CCCN(C(=O)C=Cc2ccc3c(c2)OCO3)C1. The number of nitrogens with two attached hydrogens (primary N) is 1. The summed E-state index contributed by atoms with van der Waals surface area (Å²) in [5.74, 6) is 1.48. The Labute approximate surface area is 118 Å². The minimum atomic E-state index is 0.0119. The van der Waals surface area contributed by atoms with E-state index in [1.807, 2.05) is 18.2 Å². The summed E-state index contributed by atoms with van der Waals surface area (Å²) in [7, 11) is 0. The number of rotatable bonds is 2. The second-order valence-corrected chi connectivity index (χ2v) is 5.13. The van der Waals surface area contributed by atoms with E-state index < -0.39 is 0 Å². The lowest BCUT2D eigenvalue weighted by Gasteiger charge is -2.29. The maximum absolute atomic E-state index is 12.1. The molecule has 5 nitrogen and oxygen atoms in total. The molecule has 2 aliphatic heterocycles. The van der Waals surface area contributed by atoms with Gasteiger partial charge in [-0.05, 0) is 36.6 Å². The smallest absolute Gasteiger partial charge is 0.246 e. The average Bonchev–Trinajstić information content (AvgIpc) is 2.92. The fraction of sp³-hybridized carbons (Fsp3) is 0.400. The average molecular weight is 274 g/mol. The molecule has 1 saturated heterocycles. The second-order valence-electron chi connectivity index (χ2n) is 5.13. The number of amides is 1. The molecule has 3 rings (SSSR count). The van der Waals surface area contributed by atoms with E-state index in [-0.39, 0.29) is 18.7 Å². The van der Waals surface area contributed by atoms with Gasteiger partial charge in [0, 0.05) is 25.2 Å². The standard InChI is InChI=1S/C15H18N2O3/c16-12-2-1-7-17(9-12)15(18)6-4-11-3-5-13-14(8-11)20-10-19-13/h3-6,8,12H,1-2,7,9-10,16H2. The molecule has 0 aromatic heterocycles. The molecule has 0 aliphatic carbocycles. The molecule has 0 radical (unpaired) electrons.